The second kappa shape index (κ2) is 9.43. The minimum Gasteiger partial charge on any atom is -0.490 e. The second-order valence-electron chi connectivity index (χ2n) is 4.77. The van der Waals surface area contributed by atoms with Crippen molar-refractivity contribution >= 4 is 46.1 Å². The first-order valence-corrected chi connectivity index (χ1v) is 8.80. The molecular weight excluding hydrogens is 437 g/mol. The molecule has 0 fully saturated rings. The molecule has 3 N–H and O–H groups in total. The topological polar surface area (TPSA) is 68.9 Å². The van der Waals surface area contributed by atoms with Crippen LogP contribution in [0.15, 0.2) is 47.6 Å². The van der Waals surface area contributed by atoms with Crippen LogP contribution in [0.5, 0.6) is 11.5 Å². The van der Waals surface area contributed by atoms with Gasteiger partial charge in [-0.2, -0.15) is 5.10 Å². The Morgan fingerprint density at radius 1 is 1.29 bits per heavy atom. The van der Waals surface area contributed by atoms with Gasteiger partial charge in [-0.25, -0.2) is 0 Å². The van der Waals surface area contributed by atoms with E-state index in [0.29, 0.717) is 19.0 Å². The first kappa shape index (κ1) is 18.5. The average molecular weight is 455 g/mol. The maximum absolute atomic E-state index is 5.97. The molecule has 0 atom stereocenters. The van der Waals surface area contributed by atoms with Crippen molar-refractivity contribution in [3.63, 3.8) is 0 Å². The van der Waals surface area contributed by atoms with Crippen LogP contribution in [0.3, 0.4) is 0 Å². The molecule has 126 valence electrons. The lowest BCUT2D eigenvalue weighted by molar-refractivity contribution is 0.267. The number of hydrogen-bond acceptors (Lipinski definition) is 4. The Labute approximate surface area is 160 Å². The predicted octanol–water partition coefficient (Wildman–Crippen LogP) is 3.44. The number of hydrazone groups is 1. The average Bonchev–Trinajstić information content (AvgIpc) is 2.55. The highest BCUT2D eigenvalue weighted by molar-refractivity contribution is 14.1. The number of benzene rings is 2. The summed E-state index contributed by atoms with van der Waals surface area (Å²) >= 11 is 6.93. The number of thiocarbonyl (C=S) groups is 1. The van der Waals surface area contributed by atoms with E-state index in [4.69, 9.17) is 27.4 Å². The first-order chi connectivity index (χ1) is 11.6. The van der Waals surface area contributed by atoms with Gasteiger partial charge in [-0.05, 0) is 65.0 Å². The van der Waals surface area contributed by atoms with Crippen molar-refractivity contribution in [2.24, 2.45) is 10.8 Å². The zero-order valence-corrected chi connectivity index (χ0v) is 16.1. The van der Waals surface area contributed by atoms with E-state index in [1.807, 2.05) is 49.4 Å². The molecule has 0 saturated heterocycles. The lowest BCUT2D eigenvalue weighted by Gasteiger charge is -2.14. The van der Waals surface area contributed by atoms with Crippen LogP contribution in [0.4, 0.5) is 0 Å². The molecule has 0 spiro atoms. The van der Waals surface area contributed by atoms with E-state index < -0.39 is 0 Å². The Balaban J connectivity index is 2.20. The summed E-state index contributed by atoms with van der Waals surface area (Å²) < 4.78 is 12.6. The third-order valence-electron chi connectivity index (χ3n) is 2.95. The van der Waals surface area contributed by atoms with E-state index in [1.165, 1.54) is 0 Å². The van der Waals surface area contributed by atoms with Crippen molar-refractivity contribution in [3.05, 3.63) is 57.2 Å². The predicted molar refractivity (Wildman–Crippen MR) is 109 cm³/mol. The SMILES string of the molecule is CCOc1cc(/C=N\NC(N)=S)cc(I)c1OCc1ccccc1. The molecule has 0 aliphatic rings. The molecule has 24 heavy (non-hydrogen) atoms. The number of nitrogens with one attached hydrogen (secondary N) is 1. The number of hydrogen-bond donors (Lipinski definition) is 2. The Morgan fingerprint density at radius 2 is 2.04 bits per heavy atom. The van der Waals surface area contributed by atoms with Gasteiger partial charge in [0.1, 0.15) is 6.61 Å². The van der Waals surface area contributed by atoms with Gasteiger partial charge >= 0.3 is 0 Å². The molecule has 2 aromatic rings. The normalized spacial score (nSPS) is 10.6. The van der Waals surface area contributed by atoms with Crippen LogP contribution in [0.2, 0.25) is 0 Å². The molecule has 0 unspecified atom stereocenters. The molecule has 0 aliphatic carbocycles. The smallest absolute Gasteiger partial charge is 0.184 e. The third kappa shape index (κ3) is 5.64. The van der Waals surface area contributed by atoms with Crippen molar-refractivity contribution in [2.75, 3.05) is 6.61 Å². The zero-order chi connectivity index (χ0) is 17.4. The fourth-order valence-corrected chi connectivity index (χ4v) is 2.80. The second-order valence-corrected chi connectivity index (χ2v) is 6.37. The number of halogens is 1. The summed E-state index contributed by atoms with van der Waals surface area (Å²) in [6.07, 6.45) is 1.63. The Kier molecular flexibility index (Phi) is 7.26. The standard InChI is InChI=1S/C17H18IN3O2S/c1-2-22-15-9-13(10-20-21-17(19)24)8-14(18)16(15)23-11-12-6-4-3-5-7-12/h3-10H,2,11H2,1H3,(H3,19,21,24)/b20-10-. The first-order valence-electron chi connectivity index (χ1n) is 7.31. The van der Waals surface area contributed by atoms with Gasteiger partial charge in [-0.3, -0.25) is 5.43 Å². The fraction of sp³-hybridized carbons (Fsp3) is 0.176. The van der Waals surface area contributed by atoms with Gasteiger partial charge in [0.2, 0.25) is 0 Å². The van der Waals surface area contributed by atoms with Gasteiger partial charge in [-0.15, -0.1) is 0 Å². The molecule has 0 radical (unpaired) electrons. The van der Waals surface area contributed by atoms with Crippen LogP contribution in [-0.2, 0) is 6.61 Å². The number of nitrogens with two attached hydrogens (primary N) is 1. The Bertz CT molecular complexity index is 723. The summed E-state index contributed by atoms with van der Waals surface area (Å²) in [5, 5.41) is 4.09. The molecule has 7 heteroatoms. The van der Waals surface area contributed by atoms with Gasteiger partial charge in [0, 0.05) is 0 Å². The zero-order valence-electron chi connectivity index (χ0n) is 13.2. The number of ether oxygens (including phenoxy) is 2. The van der Waals surface area contributed by atoms with Crippen LogP contribution >= 0.6 is 34.8 Å². The molecule has 0 bridgehead atoms. The van der Waals surface area contributed by atoms with Gasteiger partial charge in [0.05, 0.1) is 16.4 Å². The highest BCUT2D eigenvalue weighted by atomic mass is 127. The molecule has 0 heterocycles. The molecule has 0 aliphatic heterocycles. The molecule has 0 amide bonds. The fourth-order valence-electron chi connectivity index (χ4n) is 1.97. The van der Waals surface area contributed by atoms with Crippen LogP contribution in [-0.4, -0.2) is 17.9 Å². The van der Waals surface area contributed by atoms with E-state index in [-0.39, 0.29) is 5.11 Å². The van der Waals surface area contributed by atoms with Gasteiger partial charge < -0.3 is 15.2 Å². The van der Waals surface area contributed by atoms with Crippen LogP contribution in [0.1, 0.15) is 18.1 Å². The van der Waals surface area contributed by atoms with E-state index in [2.05, 4.69) is 33.1 Å². The van der Waals surface area contributed by atoms with Crippen LogP contribution in [0.25, 0.3) is 0 Å². The molecule has 2 rings (SSSR count). The third-order valence-corrected chi connectivity index (χ3v) is 3.84. The van der Waals surface area contributed by atoms with E-state index in [1.54, 1.807) is 6.21 Å². The number of rotatable bonds is 7. The van der Waals surface area contributed by atoms with Crippen LogP contribution in [0, 0.1) is 3.57 Å². The summed E-state index contributed by atoms with van der Waals surface area (Å²) in [5.74, 6) is 1.40. The van der Waals surface area contributed by atoms with E-state index in [0.717, 1.165) is 20.4 Å². The largest absolute Gasteiger partial charge is 0.490 e. The van der Waals surface area contributed by atoms with Crippen molar-refractivity contribution in [3.8, 4) is 11.5 Å². The summed E-state index contributed by atoms with van der Waals surface area (Å²) in [4.78, 5) is 0. The van der Waals surface area contributed by atoms with Crippen molar-refractivity contribution in [1.29, 1.82) is 0 Å². The van der Waals surface area contributed by atoms with Crippen molar-refractivity contribution in [1.82, 2.24) is 5.43 Å². The quantitative estimate of drug-likeness (QED) is 0.290. The minimum absolute atomic E-state index is 0.119. The lowest BCUT2D eigenvalue weighted by Crippen LogP contribution is -2.24. The van der Waals surface area contributed by atoms with Gasteiger partial charge in [0.15, 0.2) is 16.6 Å². The summed E-state index contributed by atoms with van der Waals surface area (Å²) in [7, 11) is 0. The van der Waals surface area contributed by atoms with Crippen LogP contribution < -0.4 is 20.6 Å². The molecule has 0 saturated carbocycles. The maximum atomic E-state index is 5.97. The van der Waals surface area contributed by atoms with E-state index in [9.17, 15) is 0 Å². The Hall–Kier alpha value is -1.87. The monoisotopic (exact) mass is 455 g/mol. The van der Waals surface area contributed by atoms with Crippen molar-refractivity contribution < 1.29 is 9.47 Å². The molecular formula is C17H18IN3O2S. The van der Waals surface area contributed by atoms with Crippen molar-refractivity contribution in [2.45, 2.75) is 13.5 Å². The minimum atomic E-state index is 0.119. The molecule has 5 nitrogen and oxygen atoms in total. The summed E-state index contributed by atoms with van der Waals surface area (Å²) in [6.45, 7) is 2.96. The highest BCUT2D eigenvalue weighted by Crippen LogP contribution is 2.34. The summed E-state index contributed by atoms with van der Waals surface area (Å²) in [6, 6.07) is 13.8. The lowest BCUT2D eigenvalue weighted by atomic mass is 10.2. The van der Waals surface area contributed by atoms with E-state index >= 15 is 0 Å². The Morgan fingerprint density at radius 3 is 2.71 bits per heavy atom. The highest BCUT2D eigenvalue weighted by Gasteiger charge is 2.12. The summed E-state index contributed by atoms with van der Waals surface area (Å²) in [5.41, 5.74) is 9.83. The molecule has 0 aromatic heterocycles. The number of nitrogens with zero attached hydrogens (tertiary/aromatic N) is 1. The maximum Gasteiger partial charge on any atom is 0.184 e. The van der Waals surface area contributed by atoms with Gasteiger partial charge in [-0.1, -0.05) is 30.3 Å². The van der Waals surface area contributed by atoms with Gasteiger partial charge in [0.25, 0.3) is 0 Å². The molecule has 2 aromatic carbocycles.